The molecule has 2 aliphatic heterocycles. The lowest BCUT2D eigenvalue weighted by molar-refractivity contribution is -0.161. The fourth-order valence-electron chi connectivity index (χ4n) is 14.1. The molecule has 584 valence electrons. The monoisotopic (exact) mass is 1470 g/mol. The zero-order chi connectivity index (χ0) is 77.9. The Bertz CT molecular complexity index is 3130. The van der Waals surface area contributed by atoms with Crippen molar-refractivity contribution in [2.75, 3.05) is 59.8 Å². The zero-order valence-corrected chi connectivity index (χ0v) is 63.8. The Morgan fingerprint density at radius 3 is 1.94 bits per heavy atom. The Hall–Kier alpha value is -7.56. The van der Waals surface area contributed by atoms with Crippen LogP contribution in [-0.4, -0.2) is 199 Å². The van der Waals surface area contributed by atoms with Crippen molar-refractivity contribution in [3.05, 3.63) is 65.7 Å². The number of nitrogens with zero attached hydrogens (tertiary/aromatic N) is 4. The third kappa shape index (κ3) is 26.8. The molecule has 28 heteroatoms. The quantitative estimate of drug-likeness (QED) is 0.0240. The summed E-state index contributed by atoms with van der Waals surface area (Å²) in [5, 5.41) is 24.3. The molecule has 0 aromatic heterocycles. The number of aliphatic hydroxyl groups is 1. The van der Waals surface area contributed by atoms with Gasteiger partial charge in [-0.05, 0) is 97.8 Å². The highest BCUT2D eigenvalue weighted by Gasteiger charge is 2.46. The number of carbonyl (C=O) groups excluding carboxylic acids is 11. The average Bonchev–Trinajstić information content (AvgIpc) is 1.28. The number of nitrogens with one attached hydrogen (secondary N) is 5. The fourth-order valence-corrected chi connectivity index (χ4v) is 14.1. The van der Waals surface area contributed by atoms with Crippen molar-refractivity contribution < 1.29 is 85.2 Å². The summed E-state index contributed by atoms with van der Waals surface area (Å²) >= 11 is 0. The Labute approximate surface area is 612 Å². The summed E-state index contributed by atoms with van der Waals surface area (Å²) in [6.07, 6.45) is -5.32. The molecule has 0 aliphatic carbocycles. The van der Waals surface area contributed by atoms with Crippen LogP contribution in [0.15, 0.2) is 54.6 Å². The van der Waals surface area contributed by atoms with Gasteiger partial charge in [-0.15, -0.1) is 0 Å². The second kappa shape index (κ2) is 43.2. The van der Waals surface area contributed by atoms with Gasteiger partial charge in [-0.1, -0.05) is 138 Å². The van der Waals surface area contributed by atoms with Crippen LogP contribution in [0.2, 0.25) is 0 Å². The largest absolute Gasteiger partial charge is 0.445 e. The number of alkyl halides is 3. The van der Waals surface area contributed by atoms with E-state index in [9.17, 15) is 71.0 Å². The number of rotatable bonds is 45. The summed E-state index contributed by atoms with van der Waals surface area (Å²) in [4.78, 5) is 153. The number of methoxy groups -OCH3 is 2. The van der Waals surface area contributed by atoms with Crippen molar-refractivity contribution in [3.63, 3.8) is 0 Å². The smallest absolute Gasteiger partial charge is 0.407 e. The number of anilines is 1. The molecule has 0 spiro atoms. The highest BCUT2D eigenvalue weighted by Crippen LogP contribution is 2.34. The maximum Gasteiger partial charge on any atom is 0.407 e. The molecule has 2 aliphatic rings. The minimum atomic E-state index is -4.72. The van der Waals surface area contributed by atoms with Gasteiger partial charge in [-0.25, -0.2) is 9.59 Å². The van der Waals surface area contributed by atoms with Crippen LogP contribution in [0.25, 0.3) is 0 Å². The number of unbranched alkanes of at least 4 members (excludes halogenated alkanes) is 2. The highest BCUT2D eigenvalue weighted by atomic mass is 19.4. The number of primary amides is 1. The summed E-state index contributed by atoms with van der Waals surface area (Å²) in [5.74, 6) is -7.44. The van der Waals surface area contributed by atoms with Crippen LogP contribution >= 0.6 is 0 Å². The lowest BCUT2D eigenvalue weighted by Crippen LogP contribution is -2.60. The molecule has 10 amide bonds. The number of aliphatic hydroxyl groups excluding tert-OH is 1. The normalized spacial score (nSPS) is 18.3. The summed E-state index contributed by atoms with van der Waals surface area (Å²) < 4.78 is 60.9. The Kier molecular flexibility index (Phi) is 36.9. The molecule has 4 rings (SSSR count). The van der Waals surface area contributed by atoms with Gasteiger partial charge >= 0.3 is 18.3 Å². The van der Waals surface area contributed by atoms with E-state index in [1.807, 2.05) is 51.1 Å². The molecule has 0 saturated carbocycles. The molecule has 2 unspecified atom stereocenters. The van der Waals surface area contributed by atoms with E-state index in [1.165, 1.54) is 38.3 Å². The van der Waals surface area contributed by atoms with Crippen molar-refractivity contribution >= 4 is 70.7 Å². The maximum absolute atomic E-state index is 14.8. The predicted octanol–water partition coefficient (Wildman–Crippen LogP) is 9.03. The first kappa shape index (κ1) is 88.8. The van der Waals surface area contributed by atoms with Gasteiger partial charge in [0.2, 0.25) is 41.4 Å². The number of Topliss-reactive ketones (excluding diaryl/α,β-unsaturated/α-hetero) is 2. The van der Waals surface area contributed by atoms with E-state index in [-0.39, 0.29) is 119 Å². The standard InChI is InChI=1S/C76H119F3N10O15/c1-16-48(8)67(59(102-14)43-63(94)88-39-25-29-56(88)69(103-15)51(11)57(90)40-49(9)68(95)53-26-19-17-20-27-53)87(13)73(99)65(46(4)5)85-71(97)66(47(6)7)86(12)61(92)31-24-37-82-75(101)104-44-52-32-34-55(35-33-52)83-70(96)54(28-23-36-81-74(80)100)42-58(91)64(45(2)3)84-60(76(77,78)79)30-21-18-22-38-89-62(93)41-50(10)72(89)98/h17,19-20,26-27,32-35,45-51,54,56,59-60,64-69,84,95H,16,18,21-25,28-31,36-44H2,1-15H3,(H,82,101)(H,83,96)(H,85,97)(H3,80,81,100)/t48-,49-,50?,51-,54+,56-,59+,60-,64-,65-,66-,67?,68+,69+/m0/s1. The van der Waals surface area contributed by atoms with Crippen LogP contribution in [0.3, 0.4) is 0 Å². The number of carbonyl (C=O) groups is 11. The molecular weight excluding hydrogens is 1350 g/mol. The van der Waals surface area contributed by atoms with Gasteiger partial charge in [0.15, 0.2) is 5.78 Å². The number of likely N-dealkylation sites (N-methyl/N-ethyl adjacent to an activating group) is 2. The van der Waals surface area contributed by atoms with E-state index < -0.39 is 144 Å². The highest BCUT2D eigenvalue weighted by molar-refractivity contribution is 6.03. The Balaban J connectivity index is 1.30. The van der Waals surface area contributed by atoms with E-state index in [1.54, 1.807) is 84.4 Å². The number of ketones is 2. The minimum absolute atomic E-state index is 0.0330. The molecule has 2 saturated heterocycles. The van der Waals surface area contributed by atoms with E-state index in [0.29, 0.717) is 49.9 Å². The molecule has 0 radical (unpaired) electrons. The van der Waals surface area contributed by atoms with Gasteiger partial charge in [0, 0.05) is 104 Å². The topological polar surface area (TPSA) is 335 Å². The molecule has 2 heterocycles. The first-order chi connectivity index (χ1) is 49.0. The Morgan fingerprint density at radius 1 is 0.731 bits per heavy atom. The second-order valence-corrected chi connectivity index (χ2v) is 29.4. The third-order valence-corrected chi connectivity index (χ3v) is 20.4. The second-order valence-electron chi connectivity index (χ2n) is 29.4. The SMILES string of the molecule is CC[C@H](C)C([C@@H](CC(=O)N1CCC[C@H]1[C@H](OC)[C@@H](C)C(=O)C[C@H](C)[C@@H](O)c1ccccc1)OC)N(C)C(=O)[C@@H](NC(=O)[C@H](C(C)C)N(C)C(=O)CCCNC(=O)OCc1ccc(NC(=O)[C@H](CCCNC(N)=O)CC(=O)[C@@H](N[C@@H](CCCCCN2C(=O)CC(C)C2=O)C(F)(F)F)C(C)C)cc1)C(C)C. The van der Waals surface area contributed by atoms with Gasteiger partial charge < -0.3 is 61.0 Å². The van der Waals surface area contributed by atoms with E-state index in [2.05, 4.69) is 26.6 Å². The molecule has 104 heavy (non-hydrogen) atoms. The number of ether oxygens (including phenoxy) is 3. The number of halogens is 3. The van der Waals surface area contributed by atoms with Gasteiger partial charge in [-0.2, -0.15) is 13.2 Å². The number of hydrogen-bond donors (Lipinski definition) is 7. The molecule has 0 bridgehead atoms. The number of benzene rings is 2. The third-order valence-electron chi connectivity index (χ3n) is 20.4. The van der Waals surface area contributed by atoms with Gasteiger partial charge in [-0.3, -0.25) is 53.4 Å². The Morgan fingerprint density at radius 2 is 1.38 bits per heavy atom. The average molecular weight is 1470 g/mol. The van der Waals surface area contributed by atoms with E-state index in [0.717, 1.165) is 10.5 Å². The summed E-state index contributed by atoms with van der Waals surface area (Å²) in [5.41, 5.74) is 6.78. The number of amides is 10. The lowest BCUT2D eigenvalue weighted by Gasteiger charge is -2.41. The van der Waals surface area contributed by atoms with Crippen molar-refractivity contribution in [2.24, 2.45) is 53.1 Å². The number of nitrogens with two attached hydrogens (primary N) is 1. The van der Waals surface area contributed by atoms with E-state index >= 15 is 0 Å². The van der Waals surface area contributed by atoms with Crippen molar-refractivity contribution in [2.45, 2.75) is 240 Å². The molecule has 2 aromatic carbocycles. The molecule has 2 fully saturated rings. The zero-order valence-electron chi connectivity index (χ0n) is 63.8. The molecule has 14 atom stereocenters. The van der Waals surface area contributed by atoms with Gasteiger partial charge in [0.1, 0.15) is 30.5 Å². The summed E-state index contributed by atoms with van der Waals surface area (Å²) in [6, 6.07) is 8.24. The van der Waals surface area contributed by atoms with Crippen molar-refractivity contribution in [1.29, 1.82) is 0 Å². The summed E-state index contributed by atoms with van der Waals surface area (Å²) in [7, 11) is 6.19. The van der Waals surface area contributed by atoms with Crippen LogP contribution < -0.4 is 32.3 Å². The van der Waals surface area contributed by atoms with Crippen molar-refractivity contribution in [1.82, 2.24) is 40.9 Å². The maximum atomic E-state index is 14.8. The fraction of sp³-hybridized carbons (Fsp3) is 0.697. The van der Waals surface area contributed by atoms with Gasteiger partial charge in [0.25, 0.3) is 0 Å². The molecule has 2 aromatic rings. The van der Waals surface area contributed by atoms with E-state index in [4.69, 9.17) is 19.9 Å². The summed E-state index contributed by atoms with van der Waals surface area (Å²) in [6.45, 7) is 20.1. The number of hydrogen-bond acceptors (Lipinski definition) is 16. The number of likely N-dealkylation sites (tertiary alicyclic amines) is 2. The lowest BCUT2D eigenvalue weighted by atomic mass is 9.85. The first-order valence-electron chi connectivity index (χ1n) is 37.0. The number of urea groups is 1. The van der Waals surface area contributed by atoms with Crippen LogP contribution in [0, 0.1) is 47.3 Å². The van der Waals surface area contributed by atoms with Crippen LogP contribution in [0.4, 0.5) is 28.4 Å². The minimum Gasteiger partial charge on any atom is -0.445 e. The number of alkyl carbamates (subject to hydrolysis) is 1. The predicted molar refractivity (Wildman–Crippen MR) is 387 cm³/mol. The number of imide groups is 1. The van der Waals surface area contributed by atoms with Crippen LogP contribution in [0.1, 0.15) is 190 Å². The van der Waals surface area contributed by atoms with Crippen molar-refractivity contribution in [3.8, 4) is 0 Å². The first-order valence-corrected chi connectivity index (χ1v) is 37.0. The van der Waals surface area contributed by atoms with Crippen LogP contribution in [-0.2, 0) is 64.0 Å². The molecule has 8 N–H and O–H groups in total. The van der Waals surface area contributed by atoms with Crippen LogP contribution in [0.5, 0.6) is 0 Å². The molecular formula is C76H119F3N10O15. The molecule has 25 nitrogen and oxygen atoms in total. The van der Waals surface area contributed by atoms with Gasteiger partial charge in [0.05, 0.1) is 42.9 Å².